The summed E-state index contributed by atoms with van der Waals surface area (Å²) in [5.41, 5.74) is 1.45. The first kappa shape index (κ1) is 16.3. The minimum Gasteiger partial charge on any atom is -0.348 e. The molecule has 0 fully saturated rings. The van der Waals surface area contributed by atoms with Crippen LogP contribution in [0.4, 0.5) is 5.69 Å². The summed E-state index contributed by atoms with van der Waals surface area (Å²) in [5, 5.41) is 17.9. The van der Waals surface area contributed by atoms with Crippen molar-refractivity contribution in [3.05, 3.63) is 81.8 Å². The maximum Gasteiger partial charge on any atom is 0.273 e. The molecule has 2 heterocycles. The maximum absolute atomic E-state index is 12.3. The molecule has 0 aliphatic heterocycles. The van der Waals surface area contributed by atoms with E-state index in [4.69, 9.17) is 0 Å². The van der Waals surface area contributed by atoms with Crippen LogP contribution in [0.25, 0.3) is 5.82 Å². The highest BCUT2D eigenvalue weighted by molar-refractivity contribution is 5.95. The van der Waals surface area contributed by atoms with Crippen LogP contribution in [0.15, 0.2) is 55.0 Å². The first-order chi connectivity index (χ1) is 12.1. The van der Waals surface area contributed by atoms with Crippen molar-refractivity contribution in [1.29, 1.82) is 0 Å². The zero-order valence-corrected chi connectivity index (χ0v) is 13.4. The van der Waals surface area contributed by atoms with E-state index >= 15 is 0 Å². The molecule has 3 rings (SSSR count). The summed E-state index contributed by atoms with van der Waals surface area (Å²) in [4.78, 5) is 27.1. The first-order valence-electron chi connectivity index (χ1n) is 7.53. The number of nitro groups is 1. The lowest BCUT2D eigenvalue weighted by atomic mass is 10.1. The first-order valence-corrected chi connectivity index (χ1v) is 7.53. The van der Waals surface area contributed by atoms with Crippen molar-refractivity contribution in [2.24, 2.45) is 0 Å². The van der Waals surface area contributed by atoms with E-state index in [0.717, 1.165) is 5.56 Å². The van der Waals surface area contributed by atoms with Gasteiger partial charge in [0, 0.05) is 47.9 Å². The monoisotopic (exact) mass is 337 g/mol. The minimum absolute atomic E-state index is 0.0775. The third-order valence-corrected chi connectivity index (χ3v) is 3.70. The Hall–Kier alpha value is -3.55. The van der Waals surface area contributed by atoms with Crippen LogP contribution >= 0.6 is 0 Å². The molecule has 0 saturated carbocycles. The molecular weight excluding hydrogens is 322 g/mol. The minimum atomic E-state index is -0.497. The predicted octanol–water partition coefficient (Wildman–Crippen LogP) is 2.41. The Morgan fingerprint density at radius 3 is 2.84 bits per heavy atom. The Morgan fingerprint density at radius 2 is 2.12 bits per heavy atom. The van der Waals surface area contributed by atoms with Crippen LogP contribution in [0, 0.1) is 17.0 Å². The molecule has 0 aliphatic carbocycles. The molecule has 0 aliphatic rings. The third-order valence-electron chi connectivity index (χ3n) is 3.70. The van der Waals surface area contributed by atoms with Gasteiger partial charge < -0.3 is 5.32 Å². The van der Waals surface area contributed by atoms with Crippen molar-refractivity contribution in [1.82, 2.24) is 20.1 Å². The summed E-state index contributed by atoms with van der Waals surface area (Å²) in [6, 6.07) is 9.79. The molecule has 0 radical (unpaired) electrons. The molecular formula is C17H15N5O3. The van der Waals surface area contributed by atoms with Crippen LogP contribution in [0.2, 0.25) is 0 Å². The lowest BCUT2D eigenvalue weighted by Crippen LogP contribution is -2.24. The Bertz CT molecular complexity index is 922. The number of rotatable bonds is 5. The van der Waals surface area contributed by atoms with Crippen molar-refractivity contribution in [2.45, 2.75) is 13.5 Å². The van der Waals surface area contributed by atoms with Gasteiger partial charge in [0.1, 0.15) is 0 Å². The highest BCUT2D eigenvalue weighted by Crippen LogP contribution is 2.19. The second-order valence-corrected chi connectivity index (χ2v) is 5.38. The molecule has 1 N–H and O–H groups in total. The lowest BCUT2D eigenvalue weighted by molar-refractivity contribution is -0.385. The van der Waals surface area contributed by atoms with Gasteiger partial charge in [-0.15, -0.1) is 0 Å². The number of hydrogen-bond donors (Lipinski definition) is 1. The van der Waals surface area contributed by atoms with E-state index in [0.29, 0.717) is 11.4 Å². The van der Waals surface area contributed by atoms with E-state index in [1.54, 1.807) is 54.5 Å². The van der Waals surface area contributed by atoms with Crippen LogP contribution in [0.1, 0.15) is 21.5 Å². The average molecular weight is 337 g/mol. The second-order valence-electron chi connectivity index (χ2n) is 5.38. The number of nitro benzene ring substituents is 1. The van der Waals surface area contributed by atoms with E-state index in [2.05, 4.69) is 15.4 Å². The fourth-order valence-electron chi connectivity index (χ4n) is 2.39. The number of nitrogens with one attached hydrogen (secondary N) is 1. The number of nitrogens with zero attached hydrogens (tertiary/aromatic N) is 4. The van der Waals surface area contributed by atoms with Crippen LogP contribution in [-0.4, -0.2) is 25.6 Å². The largest absolute Gasteiger partial charge is 0.348 e. The van der Waals surface area contributed by atoms with E-state index < -0.39 is 10.8 Å². The van der Waals surface area contributed by atoms with Crippen molar-refractivity contribution in [2.75, 3.05) is 0 Å². The van der Waals surface area contributed by atoms with Crippen molar-refractivity contribution >= 4 is 11.6 Å². The number of aryl methyl sites for hydroxylation is 1. The molecule has 0 spiro atoms. The molecule has 0 atom stereocenters. The van der Waals surface area contributed by atoms with Crippen LogP contribution in [0.5, 0.6) is 0 Å². The van der Waals surface area contributed by atoms with Gasteiger partial charge in [-0.1, -0.05) is 12.1 Å². The Morgan fingerprint density at radius 1 is 1.28 bits per heavy atom. The van der Waals surface area contributed by atoms with Gasteiger partial charge in [-0.2, -0.15) is 5.10 Å². The fraction of sp³-hybridized carbons (Fsp3) is 0.118. The summed E-state index contributed by atoms with van der Waals surface area (Å²) in [7, 11) is 0. The van der Waals surface area contributed by atoms with Crippen LogP contribution in [0.3, 0.4) is 0 Å². The molecule has 0 bridgehead atoms. The van der Waals surface area contributed by atoms with Crippen molar-refractivity contribution < 1.29 is 9.72 Å². The Labute approximate surface area is 143 Å². The summed E-state index contributed by atoms with van der Waals surface area (Å²) < 4.78 is 1.61. The Balaban J connectivity index is 1.78. The number of pyridine rings is 1. The van der Waals surface area contributed by atoms with E-state index in [1.165, 1.54) is 6.07 Å². The summed E-state index contributed by atoms with van der Waals surface area (Å²) >= 11 is 0. The third kappa shape index (κ3) is 3.52. The number of aromatic nitrogens is 3. The number of amides is 1. The molecule has 2 aromatic heterocycles. The van der Waals surface area contributed by atoms with Crippen molar-refractivity contribution in [3.63, 3.8) is 0 Å². The van der Waals surface area contributed by atoms with Gasteiger partial charge in [0.05, 0.1) is 4.92 Å². The normalized spacial score (nSPS) is 10.4. The highest BCUT2D eigenvalue weighted by Gasteiger charge is 2.15. The molecule has 0 saturated heterocycles. The van der Waals surface area contributed by atoms with Gasteiger partial charge in [-0.3, -0.25) is 14.9 Å². The number of hydrogen-bond acceptors (Lipinski definition) is 5. The summed E-state index contributed by atoms with van der Waals surface area (Å²) in [6.07, 6.45) is 5.05. The van der Waals surface area contributed by atoms with Gasteiger partial charge >= 0.3 is 0 Å². The molecule has 126 valence electrons. The van der Waals surface area contributed by atoms with Crippen LogP contribution in [-0.2, 0) is 6.54 Å². The van der Waals surface area contributed by atoms with Gasteiger partial charge in [-0.25, -0.2) is 9.67 Å². The van der Waals surface area contributed by atoms with Gasteiger partial charge in [0.2, 0.25) is 0 Å². The highest BCUT2D eigenvalue weighted by atomic mass is 16.6. The Kier molecular flexibility index (Phi) is 4.51. The summed E-state index contributed by atoms with van der Waals surface area (Å²) in [5.74, 6) is 0.223. The zero-order valence-electron chi connectivity index (χ0n) is 13.4. The smallest absolute Gasteiger partial charge is 0.273 e. The molecule has 1 aromatic carbocycles. The SMILES string of the molecule is Cc1ccc(C(=O)NCc2cccnc2-n2cccn2)cc1[N+](=O)[O-]. The number of carbonyl (C=O) groups is 1. The molecule has 8 heteroatoms. The fourth-order valence-corrected chi connectivity index (χ4v) is 2.39. The second kappa shape index (κ2) is 6.91. The van der Waals surface area contributed by atoms with Gasteiger partial charge in [-0.05, 0) is 25.1 Å². The molecule has 8 nitrogen and oxygen atoms in total. The van der Waals surface area contributed by atoms with Gasteiger partial charge in [0.25, 0.3) is 11.6 Å². The van der Waals surface area contributed by atoms with Crippen LogP contribution < -0.4 is 5.32 Å². The molecule has 1 amide bonds. The molecule has 0 unspecified atom stereocenters. The quantitative estimate of drug-likeness (QED) is 0.569. The number of carbonyl (C=O) groups excluding carboxylic acids is 1. The van der Waals surface area contributed by atoms with E-state index in [1.807, 2.05) is 6.07 Å². The van der Waals surface area contributed by atoms with Gasteiger partial charge in [0.15, 0.2) is 5.82 Å². The summed E-state index contributed by atoms with van der Waals surface area (Å²) in [6.45, 7) is 1.86. The topological polar surface area (TPSA) is 103 Å². The lowest BCUT2D eigenvalue weighted by Gasteiger charge is -2.10. The molecule has 25 heavy (non-hydrogen) atoms. The van der Waals surface area contributed by atoms with E-state index in [9.17, 15) is 14.9 Å². The van der Waals surface area contributed by atoms with E-state index in [-0.39, 0.29) is 17.8 Å². The van der Waals surface area contributed by atoms with Crippen molar-refractivity contribution in [3.8, 4) is 5.82 Å². The number of benzene rings is 1. The molecule has 3 aromatic rings. The maximum atomic E-state index is 12.3. The standard InChI is InChI=1S/C17H15N5O3/c1-12-5-6-13(10-15(12)22(24)25)17(23)19-11-14-4-2-7-18-16(14)21-9-3-8-20-21/h2-10H,11H2,1H3,(H,19,23). The average Bonchev–Trinajstić information content (AvgIpc) is 3.14. The predicted molar refractivity (Wildman–Crippen MR) is 90.4 cm³/mol. The zero-order chi connectivity index (χ0) is 17.8.